The first-order chi connectivity index (χ1) is 14.2. The standard InChI is InChI=1S/C24H32N4O/c1-26-21-13-17-28(16-12-19(21)23(25-26)18-8-3-2-4-9-18)24(29)20-10-7-15-27-14-6-5-11-22(20)27/h2-4,8-9,20,22H,5-7,10-17H2,1H3/t20-,22-/m1/s1. The predicted molar refractivity (Wildman–Crippen MR) is 115 cm³/mol. The summed E-state index contributed by atoms with van der Waals surface area (Å²) in [7, 11) is 2.05. The van der Waals surface area contributed by atoms with Crippen LogP contribution in [0.15, 0.2) is 30.3 Å². The summed E-state index contributed by atoms with van der Waals surface area (Å²) in [6.45, 7) is 4.02. The topological polar surface area (TPSA) is 41.4 Å². The maximum atomic E-state index is 13.6. The van der Waals surface area contributed by atoms with Gasteiger partial charge in [-0.25, -0.2) is 0 Å². The van der Waals surface area contributed by atoms with Crippen molar-refractivity contribution in [2.24, 2.45) is 13.0 Å². The molecule has 5 rings (SSSR count). The van der Waals surface area contributed by atoms with E-state index in [1.807, 2.05) is 17.8 Å². The van der Waals surface area contributed by atoms with E-state index in [1.165, 1.54) is 55.6 Å². The number of carbonyl (C=O) groups excluding carboxylic acids is 1. The zero-order chi connectivity index (χ0) is 19.8. The summed E-state index contributed by atoms with van der Waals surface area (Å²) in [5.41, 5.74) is 4.89. The van der Waals surface area contributed by atoms with Crippen LogP contribution in [0.5, 0.6) is 0 Å². The van der Waals surface area contributed by atoms with Gasteiger partial charge in [0.2, 0.25) is 5.91 Å². The molecule has 0 aliphatic carbocycles. The molecule has 3 aliphatic rings. The van der Waals surface area contributed by atoms with E-state index in [-0.39, 0.29) is 5.92 Å². The van der Waals surface area contributed by atoms with Gasteiger partial charge in [-0.15, -0.1) is 0 Å². The Labute approximate surface area is 173 Å². The highest BCUT2D eigenvalue weighted by Gasteiger charge is 2.39. The average Bonchev–Trinajstić information content (AvgIpc) is 2.94. The number of rotatable bonds is 2. The van der Waals surface area contributed by atoms with Crippen LogP contribution in [0.4, 0.5) is 0 Å². The average molecular weight is 393 g/mol. The van der Waals surface area contributed by atoms with Crippen LogP contribution < -0.4 is 0 Å². The number of piperidine rings is 2. The van der Waals surface area contributed by atoms with Crippen molar-refractivity contribution < 1.29 is 4.79 Å². The number of carbonyl (C=O) groups is 1. The molecule has 1 amide bonds. The molecule has 2 aromatic rings. The SMILES string of the molecule is Cn1nc(-c2ccccc2)c2c1CCN(C(=O)[C@@H]1CCCN3CCCC[C@H]13)CC2. The second-order valence-corrected chi connectivity index (χ2v) is 8.94. The van der Waals surface area contributed by atoms with Gasteiger partial charge in [0.15, 0.2) is 0 Å². The van der Waals surface area contributed by atoms with Crippen molar-refractivity contribution in [2.45, 2.75) is 51.0 Å². The fraction of sp³-hybridized carbons (Fsp3) is 0.583. The van der Waals surface area contributed by atoms with Crippen molar-refractivity contribution >= 4 is 5.91 Å². The van der Waals surface area contributed by atoms with E-state index in [1.54, 1.807) is 0 Å². The molecule has 154 valence electrons. The van der Waals surface area contributed by atoms with Crippen LogP contribution in [0.3, 0.4) is 0 Å². The van der Waals surface area contributed by atoms with Crippen LogP contribution in [0.1, 0.15) is 43.4 Å². The summed E-state index contributed by atoms with van der Waals surface area (Å²) in [6.07, 6.45) is 7.82. The van der Waals surface area contributed by atoms with Crippen LogP contribution in [0.25, 0.3) is 11.3 Å². The molecule has 0 bridgehead atoms. The zero-order valence-electron chi connectivity index (χ0n) is 17.5. The first kappa shape index (κ1) is 18.9. The maximum absolute atomic E-state index is 13.6. The molecule has 0 radical (unpaired) electrons. The molecule has 5 nitrogen and oxygen atoms in total. The highest BCUT2D eigenvalue weighted by atomic mass is 16.2. The smallest absolute Gasteiger partial charge is 0.227 e. The number of hydrogen-bond acceptors (Lipinski definition) is 3. The van der Waals surface area contributed by atoms with E-state index in [9.17, 15) is 4.79 Å². The number of amides is 1. The first-order valence-corrected chi connectivity index (χ1v) is 11.4. The second kappa shape index (κ2) is 7.94. The molecule has 4 heterocycles. The Balaban J connectivity index is 1.35. The molecule has 0 unspecified atom stereocenters. The summed E-state index contributed by atoms with van der Waals surface area (Å²) in [5, 5.41) is 4.82. The van der Waals surface area contributed by atoms with E-state index in [2.05, 4.69) is 34.1 Å². The van der Waals surface area contributed by atoms with Gasteiger partial charge in [-0.3, -0.25) is 14.4 Å². The quantitative estimate of drug-likeness (QED) is 0.788. The largest absolute Gasteiger partial charge is 0.342 e. The van der Waals surface area contributed by atoms with Crippen molar-refractivity contribution in [3.63, 3.8) is 0 Å². The summed E-state index contributed by atoms with van der Waals surface area (Å²) in [5.74, 6) is 0.612. The minimum Gasteiger partial charge on any atom is -0.342 e. The van der Waals surface area contributed by atoms with Gasteiger partial charge >= 0.3 is 0 Å². The lowest BCUT2D eigenvalue weighted by Crippen LogP contribution is -2.53. The first-order valence-electron chi connectivity index (χ1n) is 11.4. The molecule has 3 aliphatic heterocycles. The third kappa shape index (κ3) is 3.50. The Bertz CT molecular complexity index is 873. The number of aryl methyl sites for hydroxylation is 1. The predicted octanol–water partition coefficient (Wildman–Crippen LogP) is 3.28. The van der Waals surface area contributed by atoms with Crippen LogP contribution >= 0.6 is 0 Å². The fourth-order valence-corrected chi connectivity index (χ4v) is 5.81. The summed E-state index contributed by atoms with van der Waals surface area (Å²) in [4.78, 5) is 18.3. The molecule has 0 spiro atoms. The van der Waals surface area contributed by atoms with Gasteiger partial charge in [-0.05, 0) is 45.2 Å². The van der Waals surface area contributed by atoms with Crippen LogP contribution in [-0.4, -0.2) is 57.7 Å². The molecule has 29 heavy (non-hydrogen) atoms. The second-order valence-electron chi connectivity index (χ2n) is 8.94. The molecule has 0 N–H and O–H groups in total. The lowest BCUT2D eigenvalue weighted by molar-refractivity contribution is -0.140. The number of fused-ring (bicyclic) bond motifs is 2. The zero-order valence-corrected chi connectivity index (χ0v) is 17.5. The molecule has 1 aromatic heterocycles. The molecule has 2 atom stereocenters. The monoisotopic (exact) mass is 392 g/mol. The van der Waals surface area contributed by atoms with E-state index in [0.29, 0.717) is 11.9 Å². The molecule has 1 aromatic carbocycles. The van der Waals surface area contributed by atoms with Crippen LogP contribution in [0.2, 0.25) is 0 Å². The lowest BCUT2D eigenvalue weighted by Gasteiger charge is -2.44. The fourth-order valence-electron chi connectivity index (χ4n) is 5.81. The Morgan fingerprint density at radius 2 is 1.76 bits per heavy atom. The minimum atomic E-state index is 0.206. The Morgan fingerprint density at radius 1 is 0.966 bits per heavy atom. The van der Waals surface area contributed by atoms with E-state index in [4.69, 9.17) is 5.10 Å². The van der Waals surface area contributed by atoms with Gasteiger partial charge in [0, 0.05) is 49.4 Å². The van der Waals surface area contributed by atoms with Gasteiger partial charge in [0.05, 0.1) is 11.6 Å². The molecular formula is C24H32N4O. The summed E-state index contributed by atoms with van der Waals surface area (Å²) < 4.78 is 2.04. The Kier molecular flexibility index (Phi) is 5.17. The van der Waals surface area contributed by atoms with Gasteiger partial charge in [0.25, 0.3) is 0 Å². The summed E-state index contributed by atoms with van der Waals surface area (Å²) in [6, 6.07) is 10.9. The maximum Gasteiger partial charge on any atom is 0.227 e. The third-order valence-corrected chi connectivity index (χ3v) is 7.29. The normalized spacial score (nSPS) is 25.2. The molecule has 5 heteroatoms. The lowest BCUT2D eigenvalue weighted by atomic mass is 9.82. The minimum absolute atomic E-state index is 0.206. The van der Waals surface area contributed by atoms with Crippen LogP contribution in [0, 0.1) is 5.92 Å². The van der Waals surface area contributed by atoms with Crippen molar-refractivity contribution in [2.75, 3.05) is 26.2 Å². The van der Waals surface area contributed by atoms with Gasteiger partial charge in [-0.1, -0.05) is 36.8 Å². The van der Waals surface area contributed by atoms with Crippen molar-refractivity contribution in [3.05, 3.63) is 41.6 Å². The van der Waals surface area contributed by atoms with Crippen molar-refractivity contribution in [3.8, 4) is 11.3 Å². The van der Waals surface area contributed by atoms with Crippen molar-refractivity contribution in [1.29, 1.82) is 0 Å². The van der Waals surface area contributed by atoms with Gasteiger partial charge in [0.1, 0.15) is 0 Å². The molecule has 0 saturated carbocycles. The van der Waals surface area contributed by atoms with E-state index in [0.717, 1.165) is 38.0 Å². The van der Waals surface area contributed by atoms with Crippen LogP contribution in [-0.2, 0) is 24.7 Å². The molecule has 2 fully saturated rings. The number of nitrogens with zero attached hydrogens (tertiary/aromatic N) is 4. The Morgan fingerprint density at radius 3 is 2.62 bits per heavy atom. The highest BCUT2D eigenvalue weighted by Crippen LogP contribution is 2.33. The number of aromatic nitrogens is 2. The van der Waals surface area contributed by atoms with E-state index < -0.39 is 0 Å². The molecule has 2 saturated heterocycles. The third-order valence-electron chi connectivity index (χ3n) is 7.29. The number of benzene rings is 1. The van der Waals surface area contributed by atoms with Gasteiger partial charge < -0.3 is 4.90 Å². The summed E-state index contributed by atoms with van der Waals surface area (Å²) >= 11 is 0. The van der Waals surface area contributed by atoms with E-state index >= 15 is 0 Å². The number of hydrogen-bond donors (Lipinski definition) is 0. The molecular weight excluding hydrogens is 360 g/mol. The highest BCUT2D eigenvalue weighted by molar-refractivity contribution is 5.80. The van der Waals surface area contributed by atoms with Crippen molar-refractivity contribution in [1.82, 2.24) is 19.6 Å². The Hall–Kier alpha value is -2.14. The van der Waals surface area contributed by atoms with Gasteiger partial charge in [-0.2, -0.15) is 5.10 Å².